The predicted octanol–water partition coefficient (Wildman–Crippen LogP) is 3.84. The largest absolute Gasteiger partial charge is 0.384 e. The Bertz CT molecular complexity index is 907. The molecular formula is C22H25N3O2S. The van der Waals surface area contributed by atoms with E-state index in [1.807, 2.05) is 30.3 Å². The Labute approximate surface area is 169 Å². The molecule has 0 radical (unpaired) electrons. The molecule has 1 aliphatic heterocycles. The standard InChI is InChI=1S/C22H25N3O2S/c1-27-15-22(10-12-23-13-11-22)21(26)24-17-8-6-16(7-9-17)14-20-25-18-4-2-3-5-19(18)28-20/h2-9,23H,10-15H2,1H3,(H,24,26). The number of benzene rings is 2. The Morgan fingerprint density at radius 1 is 1.18 bits per heavy atom. The van der Waals surface area contributed by atoms with Crippen molar-refractivity contribution >= 4 is 33.1 Å². The average Bonchev–Trinajstić information content (AvgIpc) is 3.12. The molecule has 3 aromatic rings. The van der Waals surface area contributed by atoms with Crippen molar-refractivity contribution in [2.24, 2.45) is 5.41 Å². The van der Waals surface area contributed by atoms with E-state index >= 15 is 0 Å². The molecule has 1 amide bonds. The van der Waals surface area contributed by atoms with Gasteiger partial charge in [0.25, 0.3) is 0 Å². The summed E-state index contributed by atoms with van der Waals surface area (Å²) in [6, 6.07) is 16.3. The number of nitrogens with one attached hydrogen (secondary N) is 2. The fourth-order valence-electron chi connectivity index (χ4n) is 3.76. The summed E-state index contributed by atoms with van der Waals surface area (Å²) in [6.45, 7) is 2.14. The highest BCUT2D eigenvalue weighted by Crippen LogP contribution is 2.31. The molecule has 6 heteroatoms. The number of carbonyl (C=O) groups is 1. The van der Waals surface area contributed by atoms with Gasteiger partial charge >= 0.3 is 0 Å². The fourth-order valence-corrected chi connectivity index (χ4v) is 4.76. The fraction of sp³-hybridized carbons (Fsp3) is 0.364. The minimum absolute atomic E-state index is 0.0507. The zero-order valence-electron chi connectivity index (χ0n) is 16.0. The van der Waals surface area contributed by atoms with E-state index in [9.17, 15) is 4.79 Å². The van der Waals surface area contributed by atoms with Gasteiger partial charge in [-0.05, 0) is 55.8 Å². The number of rotatable bonds is 6. The number of amides is 1. The van der Waals surface area contributed by atoms with Crippen molar-refractivity contribution in [3.8, 4) is 0 Å². The lowest BCUT2D eigenvalue weighted by atomic mass is 9.78. The number of ether oxygens (including phenoxy) is 1. The molecule has 1 aliphatic rings. The van der Waals surface area contributed by atoms with Gasteiger partial charge in [-0.15, -0.1) is 11.3 Å². The molecule has 2 heterocycles. The number of nitrogens with zero attached hydrogens (tertiary/aromatic N) is 1. The van der Waals surface area contributed by atoms with Crippen LogP contribution < -0.4 is 10.6 Å². The Balaban J connectivity index is 1.43. The molecule has 1 fully saturated rings. The van der Waals surface area contributed by atoms with Crippen molar-refractivity contribution in [2.45, 2.75) is 19.3 Å². The topological polar surface area (TPSA) is 63.2 Å². The molecule has 0 spiro atoms. The second kappa shape index (κ2) is 8.39. The third-order valence-electron chi connectivity index (χ3n) is 5.37. The van der Waals surface area contributed by atoms with Gasteiger partial charge in [0.15, 0.2) is 0 Å². The monoisotopic (exact) mass is 395 g/mol. The molecular weight excluding hydrogens is 370 g/mol. The number of carbonyl (C=O) groups excluding carboxylic acids is 1. The second-order valence-electron chi connectivity index (χ2n) is 7.37. The Kier molecular flexibility index (Phi) is 5.71. The summed E-state index contributed by atoms with van der Waals surface area (Å²) in [4.78, 5) is 17.6. The van der Waals surface area contributed by atoms with E-state index in [-0.39, 0.29) is 5.91 Å². The Hall–Kier alpha value is -2.28. The number of hydrogen-bond donors (Lipinski definition) is 2. The molecule has 0 unspecified atom stereocenters. The maximum Gasteiger partial charge on any atom is 0.233 e. The lowest BCUT2D eigenvalue weighted by Gasteiger charge is -2.35. The van der Waals surface area contributed by atoms with Crippen molar-refractivity contribution in [3.63, 3.8) is 0 Å². The number of para-hydroxylation sites is 1. The second-order valence-corrected chi connectivity index (χ2v) is 8.48. The summed E-state index contributed by atoms with van der Waals surface area (Å²) in [5.41, 5.74) is 2.62. The van der Waals surface area contributed by atoms with E-state index in [0.29, 0.717) is 6.61 Å². The van der Waals surface area contributed by atoms with Crippen LogP contribution in [-0.2, 0) is 16.0 Å². The third kappa shape index (κ3) is 4.09. The van der Waals surface area contributed by atoms with Crippen LogP contribution in [0.3, 0.4) is 0 Å². The molecule has 2 aromatic carbocycles. The SMILES string of the molecule is COCC1(C(=O)Nc2ccc(Cc3nc4ccccc4s3)cc2)CCNCC1. The third-order valence-corrected chi connectivity index (χ3v) is 6.40. The molecule has 0 bridgehead atoms. The van der Waals surface area contributed by atoms with Crippen LogP contribution in [0.4, 0.5) is 5.69 Å². The van der Waals surface area contributed by atoms with Crippen molar-refractivity contribution in [2.75, 3.05) is 32.1 Å². The van der Waals surface area contributed by atoms with Crippen LogP contribution in [0.25, 0.3) is 10.2 Å². The highest BCUT2D eigenvalue weighted by Gasteiger charge is 2.39. The van der Waals surface area contributed by atoms with Gasteiger partial charge < -0.3 is 15.4 Å². The van der Waals surface area contributed by atoms with E-state index < -0.39 is 5.41 Å². The highest BCUT2D eigenvalue weighted by atomic mass is 32.1. The van der Waals surface area contributed by atoms with E-state index in [4.69, 9.17) is 9.72 Å². The molecule has 28 heavy (non-hydrogen) atoms. The lowest BCUT2D eigenvalue weighted by Crippen LogP contribution is -2.47. The number of anilines is 1. The van der Waals surface area contributed by atoms with E-state index in [2.05, 4.69) is 28.8 Å². The predicted molar refractivity (Wildman–Crippen MR) is 114 cm³/mol. The number of hydrogen-bond acceptors (Lipinski definition) is 5. The molecule has 0 aliphatic carbocycles. The number of piperidine rings is 1. The first kappa shape index (κ1) is 19.1. The number of aromatic nitrogens is 1. The normalized spacial score (nSPS) is 16.2. The number of thiazole rings is 1. The summed E-state index contributed by atoms with van der Waals surface area (Å²) < 4.78 is 6.57. The minimum Gasteiger partial charge on any atom is -0.384 e. The van der Waals surface area contributed by atoms with Crippen LogP contribution in [0.5, 0.6) is 0 Å². The first-order chi connectivity index (χ1) is 13.7. The van der Waals surface area contributed by atoms with Crippen molar-refractivity contribution < 1.29 is 9.53 Å². The van der Waals surface area contributed by atoms with E-state index in [1.165, 1.54) is 10.3 Å². The quantitative estimate of drug-likeness (QED) is 0.666. The average molecular weight is 396 g/mol. The lowest BCUT2D eigenvalue weighted by molar-refractivity contribution is -0.130. The summed E-state index contributed by atoms with van der Waals surface area (Å²) in [7, 11) is 1.66. The van der Waals surface area contributed by atoms with Crippen molar-refractivity contribution in [1.82, 2.24) is 10.3 Å². The van der Waals surface area contributed by atoms with Gasteiger partial charge in [-0.1, -0.05) is 24.3 Å². The molecule has 1 saturated heterocycles. The van der Waals surface area contributed by atoms with Crippen LogP contribution in [0.2, 0.25) is 0 Å². The van der Waals surface area contributed by atoms with Gasteiger partial charge in [-0.2, -0.15) is 0 Å². The summed E-state index contributed by atoms with van der Waals surface area (Å²) in [5, 5.41) is 7.51. The van der Waals surface area contributed by atoms with Gasteiger partial charge in [0.05, 0.1) is 27.2 Å². The van der Waals surface area contributed by atoms with Gasteiger partial charge in [-0.25, -0.2) is 4.98 Å². The van der Waals surface area contributed by atoms with Crippen LogP contribution in [0.15, 0.2) is 48.5 Å². The maximum absolute atomic E-state index is 12.9. The van der Waals surface area contributed by atoms with Gasteiger partial charge in [0.1, 0.15) is 0 Å². The van der Waals surface area contributed by atoms with Crippen LogP contribution >= 0.6 is 11.3 Å². The van der Waals surface area contributed by atoms with E-state index in [1.54, 1.807) is 18.4 Å². The zero-order chi connectivity index (χ0) is 19.4. The molecule has 0 saturated carbocycles. The highest BCUT2D eigenvalue weighted by molar-refractivity contribution is 7.18. The first-order valence-electron chi connectivity index (χ1n) is 9.63. The Morgan fingerprint density at radius 2 is 1.93 bits per heavy atom. The van der Waals surface area contributed by atoms with Crippen molar-refractivity contribution in [3.05, 3.63) is 59.1 Å². The minimum atomic E-state index is -0.445. The zero-order valence-corrected chi connectivity index (χ0v) is 16.8. The summed E-state index contributed by atoms with van der Waals surface area (Å²) >= 11 is 1.73. The first-order valence-corrected chi connectivity index (χ1v) is 10.4. The molecule has 0 atom stereocenters. The smallest absolute Gasteiger partial charge is 0.233 e. The van der Waals surface area contributed by atoms with Crippen LogP contribution in [0, 0.1) is 5.41 Å². The van der Waals surface area contributed by atoms with Crippen LogP contribution in [-0.4, -0.2) is 37.7 Å². The van der Waals surface area contributed by atoms with Gasteiger partial charge in [0.2, 0.25) is 5.91 Å². The van der Waals surface area contributed by atoms with Crippen LogP contribution in [0.1, 0.15) is 23.4 Å². The molecule has 5 nitrogen and oxygen atoms in total. The van der Waals surface area contributed by atoms with Gasteiger partial charge in [-0.3, -0.25) is 4.79 Å². The maximum atomic E-state index is 12.9. The molecule has 146 valence electrons. The van der Waals surface area contributed by atoms with E-state index in [0.717, 1.165) is 48.6 Å². The number of methoxy groups -OCH3 is 1. The van der Waals surface area contributed by atoms with Gasteiger partial charge in [0, 0.05) is 19.2 Å². The Morgan fingerprint density at radius 3 is 2.64 bits per heavy atom. The molecule has 1 aromatic heterocycles. The van der Waals surface area contributed by atoms with Crippen molar-refractivity contribution in [1.29, 1.82) is 0 Å². The number of fused-ring (bicyclic) bond motifs is 1. The molecule has 2 N–H and O–H groups in total. The molecule has 4 rings (SSSR count). The summed E-state index contributed by atoms with van der Waals surface area (Å²) in [5.74, 6) is 0.0507. The summed E-state index contributed by atoms with van der Waals surface area (Å²) in [6.07, 6.45) is 2.39.